The van der Waals surface area contributed by atoms with Crippen LogP contribution in [0.5, 0.6) is 0 Å². The van der Waals surface area contributed by atoms with Crippen molar-refractivity contribution in [3.05, 3.63) is 93.0 Å². The molecule has 5 aromatic rings. The standard InChI is InChI=1S/C39H32ClF10N7O5S2.CH4O3S/c1-36(2,63(3,59)60)10-9-21-5-6-22(23-7-8-26(40)30-32(23)57(17-37(43,44)45)54-35(30)55-64(4,61)62)31(51-21)27(13-18-11-19(41)14-20(42)12-18)52-28(58)16-56-34-29(33(53-56)39(48,49)50)24-15-25(24)38(34,46)47;1-5(2,3)4/h5-8,11-12,14,24-25,27H,13,15-17H2,1-4H3,(H,52,58)(H,54,55);1H3,(H,2,3,4)/t24-,25+,27-;/m0./s1. The van der Waals surface area contributed by atoms with Crippen LogP contribution in [0.4, 0.5) is 49.7 Å². The van der Waals surface area contributed by atoms with Crippen LogP contribution < -0.4 is 10.0 Å². The highest BCUT2D eigenvalue weighted by Gasteiger charge is 2.68. The van der Waals surface area contributed by atoms with E-state index < -0.39 is 136 Å². The fourth-order valence-electron chi connectivity index (χ4n) is 7.52. The van der Waals surface area contributed by atoms with Crippen molar-refractivity contribution in [1.82, 2.24) is 29.9 Å². The number of fused-ring (bicyclic) bond motifs is 4. The normalized spacial score (nSPS) is 17.2. The van der Waals surface area contributed by atoms with Gasteiger partial charge in [0.1, 0.15) is 40.9 Å². The first kappa shape index (κ1) is 52.9. The summed E-state index contributed by atoms with van der Waals surface area (Å²) in [6, 6.07) is 5.24. The highest BCUT2D eigenvalue weighted by Crippen LogP contribution is 2.68. The van der Waals surface area contributed by atoms with Crippen LogP contribution >= 0.6 is 11.6 Å². The molecule has 3 N–H and O–H groups in total. The second kappa shape index (κ2) is 18.0. The van der Waals surface area contributed by atoms with Crippen LogP contribution in [0.2, 0.25) is 5.02 Å². The van der Waals surface area contributed by atoms with Gasteiger partial charge < -0.3 is 5.32 Å². The van der Waals surface area contributed by atoms with Crippen LogP contribution in [-0.2, 0) is 66.4 Å². The molecular weight excluding hydrogens is 1030 g/mol. The van der Waals surface area contributed by atoms with Gasteiger partial charge in [0.15, 0.2) is 21.3 Å². The zero-order chi connectivity index (χ0) is 51.8. The zero-order valence-electron chi connectivity index (χ0n) is 36.0. The van der Waals surface area contributed by atoms with Gasteiger partial charge in [-0.05, 0) is 74.4 Å². The summed E-state index contributed by atoms with van der Waals surface area (Å²) in [7, 11) is -11.7. The van der Waals surface area contributed by atoms with Gasteiger partial charge in [0.2, 0.25) is 15.9 Å². The highest BCUT2D eigenvalue weighted by atomic mass is 35.5. The van der Waals surface area contributed by atoms with Gasteiger partial charge >= 0.3 is 12.4 Å². The molecule has 7 rings (SSSR count). The van der Waals surface area contributed by atoms with Gasteiger partial charge in [-0.3, -0.25) is 23.4 Å². The van der Waals surface area contributed by atoms with E-state index in [9.17, 15) is 65.2 Å². The van der Waals surface area contributed by atoms with Crippen LogP contribution in [0, 0.1) is 29.4 Å². The summed E-state index contributed by atoms with van der Waals surface area (Å²) in [5, 5.41) is 9.01. The third kappa shape index (κ3) is 12.1. The maximum absolute atomic E-state index is 15.5. The molecule has 374 valence electrons. The largest absolute Gasteiger partial charge is 0.435 e. The predicted octanol–water partition coefficient (Wildman–Crippen LogP) is 7.17. The number of sulfone groups is 1. The number of benzene rings is 2. The lowest BCUT2D eigenvalue weighted by atomic mass is 9.93. The average molecular weight is 1060 g/mol. The first-order valence-corrected chi connectivity index (χ1v) is 25.6. The minimum Gasteiger partial charge on any atom is -0.346 e. The third-order valence-electron chi connectivity index (χ3n) is 10.6. The number of aromatic nitrogens is 5. The summed E-state index contributed by atoms with van der Waals surface area (Å²) in [6.45, 7) is -0.547. The summed E-state index contributed by atoms with van der Waals surface area (Å²) in [4.78, 5) is 18.5. The second-order valence-corrected chi connectivity index (χ2v) is 22.8. The molecule has 1 amide bonds. The van der Waals surface area contributed by atoms with Crippen molar-refractivity contribution >= 4 is 64.2 Å². The van der Waals surface area contributed by atoms with E-state index in [1.165, 1.54) is 32.0 Å². The Labute approximate surface area is 391 Å². The lowest BCUT2D eigenvalue weighted by Crippen LogP contribution is -2.35. The summed E-state index contributed by atoms with van der Waals surface area (Å²) in [6.07, 6.45) is -8.74. The SMILES string of the molecule is CC(C)(C#Cc1ccc(-c2ccc(Cl)c3c(NS(C)(=O)=O)nn(CC(F)(F)F)c23)c([C@H](Cc2cc(F)cc(F)c2)NC(=O)Cn2nc(C(F)(F)F)c3c2C(F)(F)[C@@H]2C[C@H]32)n1)S(C)(=O)=O.CS(=O)(=O)O. The van der Waals surface area contributed by atoms with E-state index in [2.05, 4.69) is 32.3 Å². The topological polar surface area (TPSA) is 212 Å². The van der Waals surface area contributed by atoms with E-state index in [1.54, 1.807) is 0 Å². The second-order valence-electron chi connectivity index (χ2n) is 16.6. The van der Waals surface area contributed by atoms with Crippen LogP contribution in [0.25, 0.3) is 22.0 Å². The van der Waals surface area contributed by atoms with Gasteiger partial charge in [-0.25, -0.2) is 30.6 Å². The number of sulfonamides is 1. The molecular formula is C40H36ClF10N7O8S3. The number of nitrogens with zero attached hydrogens (tertiary/aromatic N) is 5. The Bertz CT molecular complexity index is 3280. The molecule has 3 heterocycles. The van der Waals surface area contributed by atoms with E-state index in [0.29, 0.717) is 23.3 Å². The van der Waals surface area contributed by atoms with Gasteiger partial charge in [-0.15, -0.1) is 0 Å². The molecule has 1 fully saturated rings. The summed E-state index contributed by atoms with van der Waals surface area (Å²) in [5.41, 5.74) is -5.17. The lowest BCUT2D eigenvalue weighted by molar-refractivity contribution is -0.142. The molecule has 2 aromatic carbocycles. The molecule has 15 nitrogen and oxygen atoms in total. The molecule has 2 aliphatic carbocycles. The van der Waals surface area contributed by atoms with Crippen LogP contribution in [0.1, 0.15) is 66.1 Å². The molecule has 3 aromatic heterocycles. The Balaban J connectivity index is 0.00000149. The van der Waals surface area contributed by atoms with Crippen molar-refractivity contribution in [1.29, 1.82) is 0 Å². The van der Waals surface area contributed by atoms with Gasteiger partial charge in [-0.1, -0.05) is 23.6 Å². The van der Waals surface area contributed by atoms with Crippen molar-refractivity contribution in [3.8, 4) is 23.0 Å². The highest BCUT2D eigenvalue weighted by molar-refractivity contribution is 7.92. The van der Waals surface area contributed by atoms with E-state index in [4.69, 9.17) is 16.2 Å². The fraction of sp³-hybridized carbons (Fsp3) is 0.400. The maximum atomic E-state index is 15.5. The number of nitrogens with one attached hydrogen (secondary N) is 2. The van der Waals surface area contributed by atoms with Crippen molar-refractivity contribution in [2.75, 3.05) is 23.5 Å². The minimum absolute atomic E-state index is 0.195. The molecule has 0 aliphatic heterocycles. The fourth-order valence-corrected chi connectivity index (χ4v) is 8.50. The number of carbonyl (C=O) groups is 1. The summed E-state index contributed by atoms with van der Waals surface area (Å²) < 4.78 is 221. The lowest BCUT2D eigenvalue weighted by Gasteiger charge is -2.23. The van der Waals surface area contributed by atoms with E-state index in [0.717, 1.165) is 24.5 Å². The Hall–Kier alpha value is -5.50. The van der Waals surface area contributed by atoms with Crippen molar-refractivity contribution in [2.45, 2.75) is 74.8 Å². The first-order valence-electron chi connectivity index (χ1n) is 19.5. The van der Waals surface area contributed by atoms with Gasteiger partial charge in [0.25, 0.3) is 16.0 Å². The Kier molecular flexibility index (Phi) is 13.8. The summed E-state index contributed by atoms with van der Waals surface area (Å²) >= 11 is 6.46. The zero-order valence-corrected chi connectivity index (χ0v) is 39.2. The van der Waals surface area contributed by atoms with Gasteiger partial charge in [0.05, 0.1) is 40.2 Å². The number of carbonyl (C=O) groups excluding carboxylic acids is 1. The number of alkyl halides is 8. The smallest absolute Gasteiger partial charge is 0.346 e. The van der Waals surface area contributed by atoms with Gasteiger partial charge in [-0.2, -0.15) is 53.7 Å². The van der Waals surface area contributed by atoms with Gasteiger partial charge in [0, 0.05) is 34.9 Å². The monoisotopic (exact) mass is 1060 g/mol. The van der Waals surface area contributed by atoms with E-state index in [-0.39, 0.29) is 49.6 Å². The van der Waals surface area contributed by atoms with Crippen molar-refractivity contribution in [3.63, 3.8) is 0 Å². The number of rotatable bonds is 11. The molecule has 0 unspecified atom stereocenters. The molecule has 0 radical (unpaired) electrons. The van der Waals surface area contributed by atoms with Crippen LogP contribution in [-0.4, -0.2) is 89.9 Å². The number of pyridine rings is 1. The number of anilines is 1. The molecule has 1 saturated carbocycles. The molecule has 2 aliphatic rings. The number of hydrogen-bond acceptors (Lipinski definition) is 10. The van der Waals surface area contributed by atoms with E-state index >= 15 is 8.78 Å². The van der Waals surface area contributed by atoms with Crippen molar-refractivity contribution < 1.29 is 78.5 Å². The van der Waals surface area contributed by atoms with Crippen molar-refractivity contribution in [2.24, 2.45) is 5.92 Å². The summed E-state index contributed by atoms with van der Waals surface area (Å²) in [5.74, 6) is -5.43. The average Bonchev–Trinajstić information content (AvgIpc) is 3.68. The molecule has 0 bridgehead atoms. The predicted molar refractivity (Wildman–Crippen MR) is 229 cm³/mol. The van der Waals surface area contributed by atoms with Crippen LogP contribution in [0.3, 0.4) is 0 Å². The van der Waals surface area contributed by atoms with Crippen LogP contribution in [0.15, 0.2) is 42.5 Å². The molecule has 29 heteroatoms. The first-order chi connectivity index (χ1) is 31.3. The number of halogens is 11. The number of amides is 1. The molecule has 69 heavy (non-hydrogen) atoms. The molecule has 0 spiro atoms. The maximum Gasteiger partial charge on any atom is 0.435 e. The Morgan fingerprint density at radius 1 is 0.928 bits per heavy atom. The molecule has 3 atom stereocenters. The number of hydrogen-bond donors (Lipinski definition) is 3. The Morgan fingerprint density at radius 2 is 1.52 bits per heavy atom. The molecule has 0 saturated heterocycles. The van der Waals surface area contributed by atoms with E-state index in [1.807, 2.05) is 4.72 Å². The Morgan fingerprint density at radius 3 is 2.07 bits per heavy atom. The third-order valence-corrected chi connectivity index (χ3v) is 13.4. The minimum atomic E-state index is -5.19. The quantitative estimate of drug-likeness (QED) is 0.0686.